The van der Waals surface area contributed by atoms with E-state index in [4.69, 9.17) is 0 Å². The van der Waals surface area contributed by atoms with Crippen LogP contribution in [0.1, 0.15) is 25.7 Å². The van der Waals surface area contributed by atoms with Crippen molar-refractivity contribution in [1.82, 2.24) is 15.3 Å². The molecule has 0 aromatic heterocycles. The van der Waals surface area contributed by atoms with E-state index in [2.05, 4.69) is 15.3 Å². The van der Waals surface area contributed by atoms with Crippen molar-refractivity contribution >= 4 is 0 Å². The molecule has 2 heterocycles. The minimum atomic E-state index is 0.823. The van der Waals surface area contributed by atoms with Crippen LogP contribution in [-0.2, 0) is 0 Å². The second-order valence-corrected chi connectivity index (χ2v) is 4.21. The van der Waals surface area contributed by atoms with Crippen LogP contribution in [0, 0.1) is 0 Å². The first-order valence-electron chi connectivity index (χ1n) is 5.56. The molecule has 1 atom stereocenters. The lowest BCUT2D eigenvalue weighted by molar-refractivity contribution is 0.0857. The average Bonchev–Trinajstić information content (AvgIpc) is 2.71. The van der Waals surface area contributed by atoms with Crippen LogP contribution in [0.5, 0.6) is 0 Å². The summed E-state index contributed by atoms with van der Waals surface area (Å²) < 4.78 is 0. The van der Waals surface area contributed by atoms with E-state index >= 15 is 0 Å². The summed E-state index contributed by atoms with van der Waals surface area (Å²) in [7, 11) is 2.03. The quantitative estimate of drug-likeness (QED) is 0.679. The van der Waals surface area contributed by atoms with Crippen LogP contribution in [0.15, 0.2) is 0 Å². The summed E-state index contributed by atoms with van der Waals surface area (Å²) in [6, 6.07) is 0.823. The summed E-state index contributed by atoms with van der Waals surface area (Å²) in [6.45, 7) is 5.11. The van der Waals surface area contributed by atoms with E-state index in [9.17, 15) is 0 Å². The Morgan fingerprint density at radius 2 is 1.85 bits per heavy atom. The lowest BCUT2D eigenvalue weighted by atomic mass is 10.1. The minimum absolute atomic E-state index is 0.823. The van der Waals surface area contributed by atoms with E-state index in [0.29, 0.717) is 0 Å². The van der Waals surface area contributed by atoms with Gasteiger partial charge in [0.25, 0.3) is 0 Å². The maximum atomic E-state index is 3.26. The zero-order chi connectivity index (χ0) is 9.10. The van der Waals surface area contributed by atoms with Gasteiger partial charge in [-0.15, -0.1) is 0 Å². The summed E-state index contributed by atoms with van der Waals surface area (Å²) >= 11 is 0. The number of nitrogens with zero attached hydrogens (tertiary/aromatic N) is 2. The Kier molecular flexibility index (Phi) is 3.19. The van der Waals surface area contributed by atoms with Gasteiger partial charge in [0.05, 0.1) is 0 Å². The molecule has 2 aliphatic heterocycles. The van der Waals surface area contributed by atoms with Crippen molar-refractivity contribution < 1.29 is 0 Å². The van der Waals surface area contributed by atoms with Crippen LogP contribution < -0.4 is 5.43 Å². The predicted octanol–water partition coefficient (Wildman–Crippen LogP) is 0.681. The molecule has 2 saturated heterocycles. The molecule has 3 nitrogen and oxygen atoms in total. The molecular weight excluding hydrogens is 162 g/mol. The van der Waals surface area contributed by atoms with Gasteiger partial charge in [-0.05, 0) is 45.8 Å². The fourth-order valence-corrected chi connectivity index (χ4v) is 2.56. The molecule has 0 radical (unpaired) electrons. The third kappa shape index (κ3) is 2.22. The van der Waals surface area contributed by atoms with Crippen molar-refractivity contribution in [2.75, 3.05) is 33.2 Å². The fraction of sp³-hybridized carbons (Fsp3) is 1.00. The molecule has 2 rings (SSSR count). The number of piperidine rings is 1. The second kappa shape index (κ2) is 4.40. The van der Waals surface area contributed by atoms with Crippen LogP contribution >= 0.6 is 0 Å². The third-order valence-corrected chi connectivity index (χ3v) is 3.37. The molecule has 0 aliphatic carbocycles. The highest BCUT2D eigenvalue weighted by molar-refractivity contribution is 4.81. The molecule has 2 aliphatic rings. The SMILES string of the molecule is CNN1CCCC(N2CCCC2)C1. The number of hydrazine groups is 1. The van der Waals surface area contributed by atoms with Gasteiger partial charge in [0.2, 0.25) is 0 Å². The Hall–Kier alpha value is -0.120. The van der Waals surface area contributed by atoms with Crippen molar-refractivity contribution in [3.63, 3.8) is 0 Å². The Morgan fingerprint density at radius 1 is 1.08 bits per heavy atom. The molecule has 13 heavy (non-hydrogen) atoms. The molecule has 1 N–H and O–H groups in total. The average molecular weight is 183 g/mol. The molecule has 1 unspecified atom stereocenters. The number of likely N-dealkylation sites (tertiary alicyclic amines) is 1. The van der Waals surface area contributed by atoms with Crippen molar-refractivity contribution in [3.8, 4) is 0 Å². The summed E-state index contributed by atoms with van der Waals surface area (Å²) in [5, 5.41) is 2.35. The standard InChI is InChI=1S/C10H21N3/c1-11-13-8-4-5-10(9-13)12-6-2-3-7-12/h10-11H,2-9H2,1H3. The van der Waals surface area contributed by atoms with E-state index in [-0.39, 0.29) is 0 Å². The Bertz CT molecular complexity index is 154. The van der Waals surface area contributed by atoms with Crippen molar-refractivity contribution in [2.24, 2.45) is 0 Å². The topological polar surface area (TPSA) is 18.5 Å². The van der Waals surface area contributed by atoms with Gasteiger partial charge in [-0.3, -0.25) is 10.3 Å². The Balaban J connectivity index is 1.84. The summed E-state index contributed by atoms with van der Waals surface area (Å²) in [5.74, 6) is 0. The lowest BCUT2D eigenvalue weighted by Crippen LogP contribution is -2.50. The summed E-state index contributed by atoms with van der Waals surface area (Å²) in [6.07, 6.45) is 5.58. The molecule has 76 valence electrons. The van der Waals surface area contributed by atoms with E-state index in [0.717, 1.165) is 6.04 Å². The number of hydrogen-bond acceptors (Lipinski definition) is 3. The first-order valence-corrected chi connectivity index (χ1v) is 5.56. The van der Waals surface area contributed by atoms with Gasteiger partial charge in [0.1, 0.15) is 0 Å². The van der Waals surface area contributed by atoms with E-state index in [1.807, 2.05) is 7.05 Å². The zero-order valence-corrected chi connectivity index (χ0v) is 8.63. The van der Waals surface area contributed by atoms with E-state index in [1.165, 1.54) is 51.9 Å². The lowest BCUT2D eigenvalue weighted by Gasteiger charge is -2.36. The number of rotatable bonds is 2. The number of nitrogens with one attached hydrogen (secondary N) is 1. The molecule has 0 aromatic carbocycles. The van der Waals surface area contributed by atoms with Gasteiger partial charge in [0, 0.05) is 19.1 Å². The molecular formula is C10H21N3. The number of hydrogen-bond donors (Lipinski definition) is 1. The van der Waals surface area contributed by atoms with Crippen molar-refractivity contribution in [2.45, 2.75) is 31.7 Å². The maximum absolute atomic E-state index is 3.26. The first kappa shape index (κ1) is 9.44. The highest BCUT2D eigenvalue weighted by Crippen LogP contribution is 2.19. The molecule has 0 saturated carbocycles. The smallest absolute Gasteiger partial charge is 0.0287 e. The monoisotopic (exact) mass is 183 g/mol. The molecule has 0 spiro atoms. The van der Waals surface area contributed by atoms with E-state index < -0.39 is 0 Å². The first-order chi connectivity index (χ1) is 6.40. The molecule has 2 fully saturated rings. The molecule has 3 heteroatoms. The minimum Gasteiger partial charge on any atom is -0.299 e. The molecule has 0 aromatic rings. The summed E-state index contributed by atoms with van der Waals surface area (Å²) in [5.41, 5.74) is 3.26. The van der Waals surface area contributed by atoms with Crippen LogP contribution in [-0.4, -0.2) is 49.2 Å². The van der Waals surface area contributed by atoms with Crippen molar-refractivity contribution in [1.29, 1.82) is 0 Å². The maximum Gasteiger partial charge on any atom is 0.0287 e. The van der Waals surface area contributed by atoms with Crippen LogP contribution in [0.4, 0.5) is 0 Å². The third-order valence-electron chi connectivity index (χ3n) is 3.37. The normalized spacial score (nSPS) is 32.5. The van der Waals surface area contributed by atoms with Crippen LogP contribution in [0.2, 0.25) is 0 Å². The van der Waals surface area contributed by atoms with Crippen LogP contribution in [0.3, 0.4) is 0 Å². The zero-order valence-electron chi connectivity index (χ0n) is 8.63. The fourth-order valence-electron chi connectivity index (χ4n) is 2.56. The predicted molar refractivity (Wildman–Crippen MR) is 54.5 cm³/mol. The largest absolute Gasteiger partial charge is 0.299 e. The second-order valence-electron chi connectivity index (χ2n) is 4.21. The van der Waals surface area contributed by atoms with Gasteiger partial charge in [0.15, 0.2) is 0 Å². The highest BCUT2D eigenvalue weighted by atomic mass is 15.5. The Morgan fingerprint density at radius 3 is 2.54 bits per heavy atom. The summed E-state index contributed by atoms with van der Waals surface area (Å²) in [4.78, 5) is 2.67. The van der Waals surface area contributed by atoms with E-state index in [1.54, 1.807) is 0 Å². The van der Waals surface area contributed by atoms with Crippen molar-refractivity contribution in [3.05, 3.63) is 0 Å². The molecule has 0 bridgehead atoms. The van der Waals surface area contributed by atoms with Gasteiger partial charge in [-0.2, -0.15) is 0 Å². The van der Waals surface area contributed by atoms with Gasteiger partial charge in [-0.25, -0.2) is 5.01 Å². The van der Waals surface area contributed by atoms with Crippen LogP contribution in [0.25, 0.3) is 0 Å². The highest BCUT2D eigenvalue weighted by Gasteiger charge is 2.26. The Labute approximate surface area is 81.1 Å². The van der Waals surface area contributed by atoms with Gasteiger partial charge >= 0.3 is 0 Å². The van der Waals surface area contributed by atoms with Gasteiger partial charge < -0.3 is 0 Å². The molecule has 0 amide bonds. The van der Waals surface area contributed by atoms with Gasteiger partial charge in [-0.1, -0.05) is 0 Å².